The van der Waals surface area contributed by atoms with Gasteiger partial charge in [-0.15, -0.1) is 0 Å². The van der Waals surface area contributed by atoms with Gasteiger partial charge in [0.2, 0.25) is 0 Å². The Hall–Kier alpha value is -2.35. The Bertz CT molecular complexity index is 876. The number of rotatable bonds is 5. The van der Waals surface area contributed by atoms with Crippen LogP contribution in [0.25, 0.3) is 0 Å². The maximum Gasteiger partial charge on any atom is 0.416 e. The number of benzene rings is 2. The zero-order valence-corrected chi connectivity index (χ0v) is 16.8. The molecule has 0 amide bonds. The first kappa shape index (κ1) is 23.3. The van der Waals surface area contributed by atoms with E-state index in [-0.39, 0.29) is 24.0 Å². The first-order chi connectivity index (χ1) is 14.4. The first-order valence-electron chi connectivity index (χ1n) is 9.89. The molecule has 1 aliphatic rings. The second-order valence-electron chi connectivity index (χ2n) is 7.98. The minimum Gasteiger partial charge on any atom is -0.373 e. The van der Waals surface area contributed by atoms with Gasteiger partial charge < -0.3 is 4.74 Å². The zero-order valence-electron chi connectivity index (χ0n) is 16.8. The molecule has 1 aliphatic carbocycles. The number of ether oxygens (including phenoxy) is 1. The molecule has 0 bridgehead atoms. The van der Waals surface area contributed by atoms with Crippen LogP contribution in [0.2, 0.25) is 0 Å². The van der Waals surface area contributed by atoms with Crippen molar-refractivity contribution in [3.05, 3.63) is 70.8 Å². The number of hydrogen-bond acceptors (Lipinski definition) is 2. The molecule has 3 rings (SSSR count). The number of ketones is 1. The molecule has 8 heteroatoms. The normalized spacial score (nSPS) is 18.1. The summed E-state index contributed by atoms with van der Waals surface area (Å²) in [6, 6.07) is 10.8. The van der Waals surface area contributed by atoms with Crippen LogP contribution in [0.5, 0.6) is 0 Å². The Labute approximate surface area is 176 Å². The molecule has 2 aromatic carbocycles. The van der Waals surface area contributed by atoms with E-state index in [0.29, 0.717) is 37.8 Å². The van der Waals surface area contributed by atoms with E-state index in [1.807, 2.05) is 30.3 Å². The summed E-state index contributed by atoms with van der Waals surface area (Å²) >= 11 is 0. The highest BCUT2D eigenvalue weighted by molar-refractivity contribution is 5.79. The minimum absolute atomic E-state index is 0.0864. The third-order valence-electron chi connectivity index (χ3n) is 5.84. The summed E-state index contributed by atoms with van der Waals surface area (Å²) in [6.45, 7) is 1.52. The Morgan fingerprint density at radius 1 is 0.903 bits per heavy atom. The molecule has 1 saturated carbocycles. The number of carbonyl (C=O) groups excluding carboxylic acids is 1. The number of alkyl halides is 6. The quantitative estimate of drug-likeness (QED) is 0.470. The predicted molar refractivity (Wildman–Crippen MR) is 102 cm³/mol. The molecule has 2 aromatic rings. The summed E-state index contributed by atoms with van der Waals surface area (Å²) in [5, 5.41) is 0. The summed E-state index contributed by atoms with van der Waals surface area (Å²) in [7, 11) is 0. The summed E-state index contributed by atoms with van der Waals surface area (Å²) in [4.78, 5) is 11.8. The Morgan fingerprint density at radius 3 is 1.90 bits per heavy atom. The monoisotopic (exact) mass is 444 g/mol. The minimum atomic E-state index is -4.91. The van der Waals surface area contributed by atoms with Gasteiger partial charge in [0.05, 0.1) is 23.8 Å². The van der Waals surface area contributed by atoms with Crippen molar-refractivity contribution in [2.45, 2.75) is 56.5 Å². The fourth-order valence-electron chi connectivity index (χ4n) is 3.91. The molecule has 0 spiro atoms. The van der Waals surface area contributed by atoms with E-state index in [0.717, 1.165) is 5.56 Å². The van der Waals surface area contributed by atoms with E-state index in [4.69, 9.17) is 4.74 Å². The van der Waals surface area contributed by atoms with Crippen molar-refractivity contribution in [1.82, 2.24) is 0 Å². The lowest BCUT2D eigenvalue weighted by atomic mass is 9.69. The maximum atomic E-state index is 13.2. The molecule has 0 saturated heterocycles. The zero-order chi connectivity index (χ0) is 22.9. The van der Waals surface area contributed by atoms with E-state index in [1.165, 1.54) is 6.92 Å². The van der Waals surface area contributed by atoms with Gasteiger partial charge in [-0.25, -0.2) is 0 Å². The van der Waals surface area contributed by atoms with Crippen molar-refractivity contribution >= 4 is 5.78 Å². The molecule has 0 aromatic heterocycles. The van der Waals surface area contributed by atoms with Crippen molar-refractivity contribution in [2.75, 3.05) is 6.61 Å². The highest BCUT2D eigenvalue weighted by atomic mass is 19.4. The van der Waals surface area contributed by atoms with Crippen LogP contribution in [-0.4, -0.2) is 12.4 Å². The van der Waals surface area contributed by atoms with Gasteiger partial charge in [-0.2, -0.15) is 26.3 Å². The molecule has 168 valence electrons. The predicted octanol–water partition coefficient (Wildman–Crippen LogP) is 6.88. The van der Waals surface area contributed by atoms with Gasteiger partial charge in [-0.3, -0.25) is 4.79 Å². The molecule has 31 heavy (non-hydrogen) atoms. The van der Waals surface area contributed by atoms with Crippen molar-refractivity contribution < 1.29 is 35.9 Å². The highest BCUT2D eigenvalue weighted by Gasteiger charge is 2.39. The first-order valence-corrected chi connectivity index (χ1v) is 9.89. The molecule has 0 unspecified atom stereocenters. The van der Waals surface area contributed by atoms with Crippen LogP contribution in [0.3, 0.4) is 0 Å². The Balaban J connectivity index is 1.87. The van der Waals surface area contributed by atoms with Gasteiger partial charge >= 0.3 is 12.4 Å². The van der Waals surface area contributed by atoms with Gasteiger partial charge in [0, 0.05) is 18.3 Å². The molecule has 0 N–H and O–H groups in total. The second-order valence-corrected chi connectivity index (χ2v) is 7.98. The fourth-order valence-corrected chi connectivity index (χ4v) is 3.91. The van der Waals surface area contributed by atoms with Gasteiger partial charge in [0.1, 0.15) is 5.78 Å². The van der Waals surface area contributed by atoms with Gasteiger partial charge in [-0.05, 0) is 49.1 Å². The summed E-state index contributed by atoms with van der Waals surface area (Å²) in [5.41, 5.74) is -2.51. The maximum absolute atomic E-state index is 13.2. The van der Waals surface area contributed by atoms with Crippen LogP contribution < -0.4 is 0 Å². The van der Waals surface area contributed by atoms with Crippen LogP contribution in [0.1, 0.15) is 61.0 Å². The summed E-state index contributed by atoms with van der Waals surface area (Å²) in [6.07, 6.45) is -9.09. The van der Waals surface area contributed by atoms with Gasteiger partial charge in [-0.1, -0.05) is 30.3 Å². The summed E-state index contributed by atoms with van der Waals surface area (Å²) < 4.78 is 84.8. The van der Waals surface area contributed by atoms with Crippen molar-refractivity contribution in [3.8, 4) is 0 Å². The number of carbonyl (C=O) groups is 1. The van der Waals surface area contributed by atoms with Crippen molar-refractivity contribution in [2.24, 2.45) is 0 Å². The molecule has 1 fully saturated rings. The Kier molecular flexibility index (Phi) is 6.51. The lowest BCUT2D eigenvalue weighted by Gasteiger charge is -2.38. The second kappa shape index (κ2) is 8.65. The van der Waals surface area contributed by atoms with E-state index < -0.39 is 35.0 Å². The number of halogens is 6. The molecular weight excluding hydrogens is 422 g/mol. The van der Waals surface area contributed by atoms with Crippen LogP contribution >= 0.6 is 0 Å². The smallest absolute Gasteiger partial charge is 0.373 e. The summed E-state index contributed by atoms with van der Waals surface area (Å²) in [5.74, 6) is 0.132. The third kappa shape index (κ3) is 5.47. The number of hydrogen-bond donors (Lipinski definition) is 0. The van der Waals surface area contributed by atoms with Crippen LogP contribution in [0, 0.1) is 0 Å². The van der Waals surface area contributed by atoms with E-state index in [1.54, 1.807) is 0 Å². The largest absolute Gasteiger partial charge is 0.416 e. The molecule has 0 aliphatic heterocycles. The van der Waals surface area contributed by atoms with Gasteiger partial charge in [0.15, 0.2) is 0 Å². The fraction of sp³-hybridized carbons (Fsp3) is 0.435. The highest BCUT2D eigenvalue weighted by Crippen LogP contribution is 2.41. The lowest BCUT2D eigenvalue weighted by molar-refractivity contribution is -0.143. The topological polar surface area (TPSA) is 26.3 Å². The lowest BCUT2D eigenvalue weighted by Crippen LogP contribution is -2.37. The Morgan fingerprint density at radius 2 is 1.42 bits per heavy atom. The molecular formula is C23H22F6O2. The molecule has 0 heterocycles. The standard InChI is InChI=1S/C23H22F6O2/c1-15(16-11-18(22(24,25)26)13-19(12-16)23(27,28)29)31-14-21(9-7-20(30)8-10-21)17-5-3-2-4-6-17/h2-6,11-13,15H,7-10,14H2,1H3/t15-/m1/s1. The molecule has 1 atom stereocenters. The van der Waals surface area contributed by atoms with Crippen LogP contribution in [-0.2, 0) is 27.3 Å². The molecule has 0 radical (unpaired) electrons. The van der Waals surface area contributed by atoms with Crippen molar-refractivity contribution in [1.29, 1.82) is 0 Å². The van der Waals surface area contributed by atoms with Crippen LogP contribution in [0.4, 0.5) is 26.3 Å². The average Bonchev–Trinajstić information content (AvgIpc) is 2.72. The van der Waals surface area contributed by atoms with Crippen LogP contribution in [0.15, 0.2) is 48.5 Å². The molecule has 2 nitrogen and oxygen atoms in total. The van der Waals surface area contributed by atoms with Gasteiger partial charge in [0.25, 0.3) is 0 Å². The average molecular weight is 444 g/mol. The third-order valence-corrected chi connectivity index (χ3v) is 5.84. The van der Waals surface area contributed by atoms with E-state index in [9.17, 15) is 31.1 Å². The van der Waals surface area contributed by atoms with E-state index >= 15 is 0 Å². The van der Waals surface area contributed by atoms with Crippen molar-refractivity contribution in [3.63, 3.8) is 0 Å². The SMILES string of the molecule is C[C@@H](OCC1(c2ccccc2)CCC(=O)CC1)c1cc(C(F)(F)F)cc(C(F)(F)F)c1. The number of Topliss-reactive ketones (excluding diaryl/α,β-unsaturated/α-hetero) is 1. The van der Waals surface area contributed by atoms with E-state index in [2.05, 4.69) is 0 Å².